The Hall–Kier alpha value is -0.0500. The number of likely N-dealkylation sites (N-methyl/N-ethyl adjacent to an activating group) is 1. The topological polar surface area (TPSA) is 12.0 Å². The summed E-state index contributed by atoms with van der Waals surface area (Å²) >= 11 is 7.80. The molecule has 90 valence electrons. The Kier molecular flexibility index (Phi) is 4.68. The number of halogens is 1. The first-order valence-corrected chi connectivity index (χ1v) is 7.49. The summed E-state index contributed by atoms with van der Waals surface area (Å²) < 4.78 is 0.925. The molecule has 2 unspecified atom stereocenters. The van der Waals surface area contributed by atoms with Crippen LogP contribution in [0.3, 0.4) is 0 Å². The minimum Gasteiger partial charge on any atom is -0.314 e. The first-order valence-electron chi connectivity index (χ1n) is 6.30. The number of nitrogens with one attached hydrogen (secondary N) is 1. The van der Waals surface area contributed by atoms with Crippen LogP contribution < -0.4 is 5.32 Å². The Bertz CT molecular complexity index is 323. The van der Waals surface area contributed by atoms with Crippen molar-refractivity contribution in [2.75, 3.05) is 6.54 Å². The molecule has 1 fully saturated rings. The summed E-state index contributed by atoms with van der Waals surface area (Å²) in [5.74, 6) is 0.681. The predicted octanol–water partition coefficient (Wildman–Crippen LogP) is 4.43. The highest BCUT2D eigenvalue weighted by Crippen LogP contribution is 2.37. The number of hydrogen-bond acceptors (Lipinski definition) is 2. The standard InChI is InChI=1S/C13H20ClNS/c1-2-15-11-7-5-3-4-6-10(11)12-8-9-13(14)16-12/h8-11,15H,2-7H2,1H3. The molecular formula is C13H20ClNS. The molecule has 2 atom stereocenters. The molecule has 0 radical (unpaired) electrons. The Morgan fingerprint density at radius 1 is 1.31 bits per heavy atom. The van der Waals surface area contributed by atoms with Gasteiger partial charge in [-0.25, -0.2) is 0 Å². The monoisotopic (exact) mass is 257 g/mol. The normalized spacial score (nSPS) is 26.6. The highest BCUT2D eigenvalue weighted by atomic mass is 35.5. The maximum absolute atomic E-state index is 6.04. The zero-order chi connectivity index (χ0) is 11.4. The molecule has 1 aromatic heterocycles. The van der Waals surface area contributed by atoms with Crippen molar-refractivity contribution in [1.82, 2.24) is 5.32 Å². The highest BCUT2D eigenvalue weighted by molar-refractivity contribution is 7.16. The average Bonchev–Trinajstić information content (AvgIpc) is 2.56. The van der Waals surface area contributed by atoms with Gasteiger partial charge in [0.2, 0.25) is 0 Å². The third-order valence-corrected chi connectivity index (χ3v) is 4.80. The van der Waals surface area contributed by atoms with E-state index < -0.39 is 0 Å². The van der Waals surface area contributed by atoms with Crippen LogP contribution in [-0.4, -0.2) is 12.6 Å². The molecule has 0 aromatic carbocycles. The minimum absolute atomic E-state index is 0.655. The van der Waals surface area contributed by atoms with Crippen molar-refractivity contribution in [2.24, 2.45) is 0 Å². The molecule has 0 amide bonds. The highest BCUT2D eigenvalue weighted by Gasteiger charge is 2.25. The molecule has 1 aromatic rings. The summed E-state index contributed by atoms with van der Waals surface area (Å²) in [5.41, 5.74) is 0. The summed E-state index contributed by atoms with van der Waals surface area (Å²) in [4.78, 5) is 1.47. The van der Waals surface area contributed by atoms with E-state index in [4.69, 9.17) is 11.6 Å². The lowest BCUT2D eigenvalue weighted by atomic mass is 9.93. The Morgan fingerprint density at radius 3 is 2.81 bits per heavy atom. The van der Waals surface area contributed by atoms with Crippen molar-refractivity contribution in [3.05, 3.63) is 21.3 Å². The van der Waals surface area contributed by atoms with Crippen molar-refractivity contribution >= 4 is 22.9 Å². The molecular weight excluding hydrogens is 238 g/mol. The van der Waals surface area contributed by atoms with E-state index >= 15 is 0 Å². The minimum atomic E-state index is 0.655. The summed E-state index contributed by atoms with van der Waals surface area (Å²) in [7, 11) is 0. The zero-order valence-electron chi connectivity index (χ0n) is 9.84. The van der Waals surface area contributed by atoms with Crippen LogP contribution in [0, 0.1) is 0 Å². The summed E-state index contributed by atoms with van der Waals surface area (Å²) in [6, 6.07) is 4.91. The second-order valence-electron chi connectivity index (χ2n) is 4.55. The average molecular weight is 258 g/mol. The molecule has 1 N–H and O–H groups in total. The SMILES string of the molecule is CCNC1CCCCCC1c1ccc(Cl)s1. The van der Waals surface area contributed by atoms with Gasteiger partial charge in [0.25, 0.3) is 0 Å². The van der Waals surface area contributed by atoms with Crippen molar-refractivity contribution in [1.29, 1.82) is 0 Å². The van der Waals surface area contributed by atoms with E-state index in [1.807, 2.05) is 6.07 Å². The van der Waals surface area contributed by atoms with Crippen molar-refractivity contribution in [3.63, 3.8) is 0 Å². The van der Waals surface area contributed by atoms with Crippen LogP contribution in [0.5, 0.6) is 0 Å². The van der Waals surface area contributed by atoms with Gasteiger partial charge in [-0.3, -0.25) is 0 Å². The predicted molar refractivity (Wildman–Crippen MR) is 72.6 cm³/mol. The van der Waals surface area contributed by atoms with Gasteiger partial charge in [-0.1, -0.05) is 37.8 Å². The molecule has 1 nitrogen and oxygen atoms in total. The lowest BCUT2D eigenvalue weighted by molar-refractivity contribution is 0.423. The van der Waals surface area contributed by atoms with Gasteiger partial charge in [-0.05, 0) is 31.5 Å². The molecule has 1 heterocycles. The van der Waals surface area contributed by atoms with Crippen molar-refractivity contribution in [2.45, 2.75) is 51.0 Å². The van der Waals surface area contributed by atoms with Gasteiger partial charge in [0.05, 0.1) is 4.34 Å². The molecule has 1 aliphatic carbocycles. The van der Waals surface area contributed by atoms with Crippen LogP contribution in [0.4, 0.5) is 0 Å². The second-order valence-corrected chi connectivity index (χ2v) is 6.30. The van der Waals surface area contributed by atoms with E-state index in [1.54, 1.807) is 11.3 Å². The van der Waals surface area contributed by atoms with Crippen molar-refractivity contribution in [3.8, 4) is 0 Å². The molecule has 1 aliphatic rings. The van der Waals surface area contributed by atoms with E-state index in [-0.39, 0.29) is 0 Å². The van der Waals surface area contributed by atoms with Gasteiger partial charge >= 0.3 is 0 Å². The molecule has 0 saturated heterocycles. The van der Waals surface area contributed by atoms with Gasteiger partial charge in [0.1, 0.15) is 0 Å². The van der Waals surface area contributed by atoms with E-state index in [1.165, 1.54) is 37.0 Å². The number of hydrogen-bond donors (Lipinski definition) is 1. The third kappa shape index (κ3) is 2.99. The van der Waals surface area contributed by atoms with E-state index in [0.29, 0.717) is 12.0 Å². The Balaban J connectivity index is 2.13. The van der Waals surface area contributed by atoms with Crippen LogP contribution in [0.1, 0.15) is 49.8 Å². The molecule has 0 aliphatic heterocycles. The fourth-order valence-electron chi connectivity index (χ4n) is 2.68. The molecule has 3 heteroatoms. The quantitative estimate of drug-likeness (QED) is 0.790. The Morgan fingerprint density at radius 2 is 2.12 bits per heavy atom. The fourth-order valence-corrected chi connectivity index (χ4v) is 3.94. The molecule has 1 saturated carbocycles. The maximum Gasteiger partial charge on any atom is 0.0931 e. The largest absolute Gasteiger partial charge is 0.314 e. The number of rotatable bonds is 3. The van der Waals surface area contributed by atoms with Crippen molar-refractivity contribution < 1.29 is 0 Å². The summed E-state index contributed by atoms with van der Waals surface area (Å²) in [6.07, 6.45) is 6.75. The first kappa shape index (κ1) is 12.4. The third-order valence-electron chi connectivity index (χ3n) is 3.44. The van der Waals surface area contributed by atoms with Gasteiger partial charge in [-0.2, -0.15) is 0 Å². The zero-order valence-corrected chi connectivity index (χ0v) is 11.4. The van der Waals surface area contributed by atoms with E-state index in [9.17, 15) is 0 Å². The van der Waals surface area contributed by atoms with Crippen LogP contribution in [0.25, 0.3) is 0 Å². The first-order chi connectivity index (χ1) is 7.81. The fraction of sp³-hybridized carbons (Fsp3) is 0.692. The van der Waals surface area contributed by atoms with Gasteiger partial charge in [0, 0.05) is 16.8 Å². The smallest absolute Gasteiger partial charge is 0.0931 e. The van der Waals surface area contributed by atoms with Gasteiger partial charge in [-0.15, -0.1) is 11.3 Å². The van der Waals surface area contributed by atoms with Crippen LogP contribution in [-0.2, 0) is 0 Å². The van der Waals surface area contributed by atoms with E-state index in [2.05, 4.69) is 18.3 Å². The summed E-state index contributed by atoms with van der Waals surface area (Å²) in [6.45, 7) is 3.27. The molecule has 2 rings (SSSR count). The van der Waals surface area contributed by atoms with E-state index in [0.717, 1.165) is 10.9 Å². The molecule has 0 bridgehead atoms. The second kappa shape index (κ2) is 6.04. The van der Waals surface area contributed by atoms with Crippen LogP contribution >= 0.6 is 22.9 Å². The lowest BCUT2D eigenvalue weighted by Crippen LogP contribution is -2.33. The molecule has 0 spiro atoms. The Labute approximate surface area is 107 Å². The van der Waals surface area contributed by atoms with Gasteiger partial charge < -0.3 is 5.32 Å². The van der Waals surface area contributed by atoms with Crippen LogP contribution in [0.2, 0.25) is 4.34 Å². The lowest BCUT2D eigenvalue weighted by Gasteiger charge is -2.24. The number of thiophene rings is 1. The maximum atomic E-state index is 6.04. The van der Waals surface area contributed by atoms with Gasteiger partial charge in [0.15, 0.2) is 0 Å². The summed E-state index contributed by atoms with van der Waals surface area (Å²) in [5, 5.41) is 3.65. The molecule has 16 heavy (non-hydrogen) atoms. The van der Waals surface area contributed by atoms with Crippen LogP contribution in [0.15, 0.2) is 12.1 Å².